The smallest absolute Gasteiger partial charge is 0.251 e. The van der Waals surface area contributed by atoms with Crippen LogP contribution < -0.4 is 20.4 Å². The van der Waals surface area contributed by atoms with E-state index in [0.29, 0.717) is 55.0 Å². The number of halogens is 1. The molecular weight excluding hydrogens is 385 g/mol. The molecule has 0 spiro atoms. The van der Waals surface area contributed by atoms with Crippen LogP contribution in [0.1, 0.15) is 10.4 Å². The number of anilines is 4. The summed E-state index contributed by atoms with van der Waals surface area (Å²) in [5, 5.41) is 5.72. The van der Waals surface area contributed by atoms with E-state index in [4.69, 9.17) is 0 Å². The third kappa shape index (κ3) is 4.29. The van der Waals surface area contributed by atoms with E-state index >= 15 is 0 Å². The number of nitrogens with zero attached hydrogens (tertiary/aromatic N) is 5. The lowest BCUT2D eigenvalue weighted by atomic mass is 10.2. The zero-order valence-electron chi connectivity index (χ0n) is 16.5. The second-order valence-electron chi connectivity index (χ2n) is 6.82. The van der Waals surface area contributed by atoms with Crippen LogP contribution in [0.3, 0.4) is 0 Å². The van der Waals surface area contributed by atoms with Crippen molar-refractivity contribution in [2.45, 2.75) is 0 Å². The van der Waals surface area contributed by atoms with Crippen molar-refractivity contribution in [3.63, 3.8) is 0 Å². The van der Waals surface area contributed by atoms with Crippen LogP contribution in [0.5, 0.6) is 0 Å². The van der Waals surface area contributed by atoms with E-state index in [-0.39, 0.29) is 11.7 Å². The summed E-state index contributed by atoms with van der Waals surface area (Å²) >= 11 is 0. The van der Waals surface area contributed by atoms with Crippen molar-refractivity contribution < 1.29 is 9.18 Å². The number of piperazine rings is 1. The van der Waals surface area contributed by atoms with Gasteiger partial charge in [-0.2, -0.15) is 4.98 Å². The molecule has 1 aliphatic rings. The Kier molecular flexibility index (Phi) is 5.69. The minimum absolute atomic E-state index is 0.164. The van der Waals surface area contributed by atoms with Crippen LogP contribution in [0.2, 0.25) is 0 Å². The molecule has 2 aromatic carbocycles. The van der Waals surface area contributed by atoms with Gasteiger partial charge in [0.25, 0.3) is 5.91 Å². The van der Waals surface area contributed by atoms with Gasteiger partial charge in [0, 0.05) is 44.5 Å². The standard InChI is InChI=1S/C21H22FN7O/c1-23-19(30)15-5-4-6-16(13-15)26-20-24-14-25-21(27-20)29-11-9-28(10-12-29)18-8-3-2-7-17(18)22/h2-8,13-14H,9-12H2,1H3,(H,23,30)(H,24,25,26,27). The molecule has 4 rings (SSSR count). The quantitative estimate of drug-likeness (QED) is 0.672. The van der Waals surface area contributed by atoms with E-state index in [1.807, 2.05) is 21.9 Å². The van der Waals surface area contributed by atoms with Crippen LogP contribution in [-0.4, -0.2) is 54.1 Å². The highest BCUT2D eigenvalue weighted by Crippen LogP contribution is 2.22. The van der Waals surface area contributed by atoms with Crippen molar-refractivity contribution in [3.05, 3.63) is 66.2 Å². The lowest BCUT2D eigenvalue weighted by Gasteiger charge is -2.36. The highest BCUT2D eigenvalue weighted by molar-refractivity contribution is 5.95. The molecule has 9 heteroatoms. The first-order valence-corrected chi connectivity index (χ1v) is 9.66. The fourth-order valence-corrected chi connectivity index (χ4v) is 3.37. The number of carbonyl (C=O) groups is 1. The Morgan fingerprint density at radius 3 is 2.53 bits per heavy atom. The third-order valence-electron chi connectivity index (χ3n) is 4.92. The molecule has 0 aliphatic carbocycles. The zero-order chi connectivity index (χ0) is 20.9. The van der Waals surface area contributed by atoms with Crippen molar-refractivity contribution >= 4 is 29.2 Å². The summed E-state index contributed by atoms with van der Waals surface area (Å²) in [4.78, 5) is 28.9. The highest BCUT2D eigenvalue weighted by atomic mass is 19.1. The topological polar surface area (TPSA) is 86.3 Å². The monoisotopic (exact) mass is 407 g/mol. The normalized spacial score (nSPS) is 13.8. The molecule has 30 heavy (non-hydrogen) atoms. The van der Waals surface area contributed by atoms with Gasteiger partial charge in [-0.25, -0.2) is 14.4 Å². The first-order chi connectivity index (χ1) is 14.6. The second-order valence-corrected chi connectivity index (χ2v) is 6.82. The molecule has 2 heterocycles. The van der Waals surface area contributed by atoms with Gasteiger partial charge in [-0.05, 0) is 30.3 Å². The molecule has 1 amide bonds. The summed E-state index contributed by atoms with van der Waals surface area (Å²) in [6.45, 7) is 2.68. The van der Waals surface area contributed by atoms with E-state index in [2.05, 4.69) is 25.6 Å². The van der Waals surface area contributed by atoms with Gasteiger partial charge in [-0.15, -0.1) is 0 Å². The maximum atomic E-state index is 14.0. The predicted molar refractivity (Wildman–Crippen MR) is 114 cm³/mol. The molecule has 8 nitrogen and oxygen atoms in total. The van der Waals surface area contributed by atoms with E-state index in [9.17, 15) is 9.18 Å². The van der Waals surface area contributed by atoms with Crippen LogP contribution in [0.4, 0.5) is 27.7 Å². The predicted octanol–water partition coefficient (Wildman–Crippen LogP) is 2.44. The van der Waals surface area contributed by atoms with Gasteiger partial charge in [0.1, 0.15) is 12.1 Å². The first kappa shape index (κ1) is 19.6. The molecule has 1 aromatic heterocycles. The summed E-state index contributed by atoms with van der Waals surface area (Å²) in [6.07, 6.45) is 1.45. The van der Waals surface area contributed by atoms with Gasteiger partial charge in [0.2, 0.25) is 11.9 Å². The van der Waals surface area contributed by atoms with Crippen molar-refractivity contribution in [2.24, 2.45) is 0 Å². The lowest BCUT2D eigenvalue weighted by molar-refractivity contribution is 0.0963. The number of hydrogen-bond donors (Lipinski definition) is 2. The van der Waals surface area contributed by atoms with Gasteiger partial charge in [0.05, 0.1) is 5.69 Å². The maximum Gasteiger partial charge on any atom is 0.251 e. The van der Waals surface area contributed by atoms with Crippen molar-refractivity contribution in [3.8, 4) is 0 Å². The number of para-hydroxylation sites is 1. The van der Waals surface area contributed by atoms with E-state index in [0.717, 1.165) is 0 Å². The van der Waals surface area contributed by atoms with Gasteiger partial charge >= 0.3 is 0 Å². The SMILES string of the molecule is CNC(=O)c1cccc(Nc2ncnc(N3CCN(c4ccccc4F)CC3)n2)c1. The largest absolute Gasteiger partial charge is 0.366 e. The minimum atomic E-state index is -0.211. The van der Waals surface area contributed by atoms with Crippen LogP contribution in [0.25, 0.3) is 0 Å². The van der Waals surface area contributed by atoms with Crippen molar-refractivity contribution in [1.82, 2.24) is 20.3 Å². The number of hydrogen-bond acceptors (Lipinski definition) is 7. The molecule has 0 radical (unpaired) electrons. The number of carbonyl (C=O) groups excluding carboxylic acids is 1. The Morgan fingerprint density at radius 2 is 1.77 bits per heavy atom. The Hall–Kier alpha value is -3.75. The van der Waals surface area contributed by atoms with Gasteiger partial charge in [-0.3, -0.25) is 4.79 Å². The fraction of sp³-hybridized carbons (Fsp3) is 0.238. The molecule has 1 saturated heterocycles. The Balaban J connectivity index is 1.43. The summed E-state index contributed by atoms with van der Waals surface area (Å²) < 4.78 is 14.0. The van der Waals surface area contributed by atoms with E-state index in [1.54, 1.807) is 37.4 Å². The van der Waals surface area contributed by atoms with Crippen LogP contribution in [0, 0.1) is 5.82 Å². The average molecular weight is 407 g/mol. The molecule has 2 N–H and O–H groups in total. The number of benzene rings is 2. The third-order valence-corrected chi connectivity index (χ3v) is 4.92. The Morgan fingerprint density at radius 1 is 1.00 bits per heavy atom. The molecule has 1 aliphatic heterocycles. The van der Waals surface area contributed by atoms with Crippen LogP contribution >= 0.6 is 0 Å². The summed E-state index contributed by atoms with van der Waals surface area (Å²) in [5.74, 6) is 0.577. The molecule has 0 atom stereocenters. The van der Waals surface area contributed by atoms with Crippen LogP contribution in [0.15, 0.2) is 54.9 Å². The molecule has 0 bridgehead atoms. The number of nitrogens with one attached hydrogen (secondary N) is 2. The van der Waals surface area contributed by atoms with Gasteiger partial charge in [0.15, 0.2) is 0 Å². The number of rotatable bonds is 5. The fourth-order valence-electron chi connectivity index (χ4n) is 3.37. The summed E-state index contributed by atoms with van der Waals surface area (Å²) in [7, 11) is 1.59. The first-order valence-electron chi connectivity index (χ1n) is 9.66. The molecule has 1 fully saturated rings. The lowest BCUT2D eigenvalue weighted by Crippen LogP contribution is -2.47. The van der Waals surface area contributed by atoms with E-state index < -0.39 is 0 Å². The molecule has 3 aromatic rings. The van der Waals surface area contributed by atoms with Gasteiger partial charge in [-0.1, -0.05) is 18.2 Å². The van der Waals surface area contributed by atoms with Crippen molar-refractivity contribution in [2.75, 3.05) is 48.3 Å². The molecule has 0 saturated carbocycles. The second kappa shape index (κ2) is 8.73. The number of amides is 1. The molecular formula is C21H22FN7O. The molecule has 154 valence electrons. The Labute approximate surface area is 173 Å². The Bertz CT molecular complexity index is 1040. The van der Waals surface area contributed by atoms with Crippen LogP contribution in [-0.2, 0) is 0 Å². The summed E-state index contributed by atoms with van der Waals surface area (Å²) in [6, 6.07) is 13.9. The maximum absolute atomic E-state index is 14.0. The van der Waals surface area contributed by atoms with Gasteiger partial charge < -0.3 is 20.4 Å². The number of aromatic nitrogens is 3. The summed E-state index contributed by atoms with van der Waals surface area (Å²) in [5.41, 5.74) is 1.87. The zero-order valence-corrected chi connectivity index (χ0v) is 16.5. The minimum Gasteiger partial charge on any atom is -0.366 e. The van der Waals surface area contributed by atoms with E-state index in [1.165, 1.54) is 12.4 Å². The molecule has 0 unspecified atom stereocenters. The average Bonchev–Trinajstić information content (AvgIpc) is 2.79. The van der Waals surface area contributed by atoms with Crippen molar-refractivity contribution in [1.29, 1.82) is 0 Å². The highest BCUT2D eigenvalue weighted by Gasteiger charge is 2.21.